The van der Waals surface area contributed by atoms with E-state index in [1.165, 1.54) is 0 Å². The molecule has 0 aliphatic heterocycles. The number of carbonyl (C=O) groups is 1. The third-order valence-electron chi connectivity index (χ3n) is 2.83. The number of sulfonamides is 1. The number of hydrogen-bond donors (Lipinski definition) is 2. The summed E-state index contributed by atoms with van der Waals surface area (Å²) >= 11 is 2.96. The molecule has 5 nitrogen and oxygen atoms in total. The molecule has 104 valence electrons. The average molecular weight is 352 g/mol. The summed E-state index contributed by atoms with van der Waals surface area (Å²) in [5.41, 5.74) is 0. The second-order valence-electron chi connectivity index (χ2n) is 4.35. The molecule has 0 saturated heterocycles. The van der Waals surface area contributed by atoms with Crippen LogP contribution in [0.15, 0.2) is 27.6 Å². The van der Waals surface area contributed by atoms with E-state index >= 15 is 0 Å². The van der Waals surface area contributed by atoms with Crippen LogP contribution in [0, 0.1) is 11.7 Å². The van der Waals surface area contributed by atoms with Crippen molar-refractivity contribution in [3.8, 4) is 0 Å². The van der Waals surface area contributed by atoms with Gasteiger partial charge in [0.05, 0.1) is 4.90 Å². The third kappa shape index (κ3) is 3.31. The molecule has 0 radical (unpaired) electrons. The van der Waals surface area contributed by atoms with Crippen molar-refractivity contribution in [3.05, 3.63) is 28.5 Å². The monoisotopic (exact) mass is 351 g/mol. The normalized spacial score (nSPS) is 17.2. The van der Waals surface area contributed by atoms with Gasteiger partial charge in [-0.25, -0.2) is 12.8 Å². The summed E-state index contributed by atoms with van der Waals surface area (Å²) in [4.78, 5) is 10.9. The summed E-state index contributed by atoms with van der Waals surface area (Å²) in [6.07, 6.45) is 1.37. The van der Waals surface area contributed by atoms with Crippen LogP contribution in [0.3, 0.4) is 0 Å². The molecule has 1 atom stereocenters. The largest absolute Gasteiger partial charge is 0.480 e. The van der Waals surface area contributed by atoms with E-state index in [2.05, 4.69) is 20.7 Å². The first-order valence-corrected chi connectivity index (χ1v) is 7.79. The lowest BCUT2D eigenvalue weighted by molar-refractivity contribution is -0.139. The highest BCUT2D eigenvalue weighted by Crippen LogP contribution is 2.34. The number of halogens is 2. The first-order valence-electron chi connectivity index (χ1n) is 5.51. The molecule has 0 bridgehead atoms. The van der Waals surface area contributed by atoms with Crippen LogP contribution in [0.25, 0.3) is 0 Å². The Labute approximate surface area is 118 Å². The van der Waals surface area contributed by atoms with E-state index in [9.17, 15) is 17.6 Å². The van der Waals surface area contributed by atoms with Gasteiger partial charge in [0.1, 0.15) is 11.9 Å². The lowest BCUT2D eigenvalue weighted by Gasteiger charge is -2.14. The molecule has 2 N–H and O–H groups in total. The van der Waals surface area contributed by atoms with E-state index in [1.807, 2.05) is 0 Å². The topological polar surface area (TPSA) is 83.5 Å². The Balaban J connectivity index is 2.29. The van der Waals surface area contributed by atoms with Gasteiger partial charge < -0.3 is 5.11 Å². The van der Waals surface area contributed by atoms with Crippen LogP contribution in [0.4, 0.5) is 4.39 Å². The number of hydrogen-bond acceptors (Lipinski definition) is 3. The number of benzene rings is 1. The number of aliphatic carboxylic acids is 1. The highest BCUT2D eigenvalue weighted by atomic mass is 79.9. The first kappa shape index (κ1) is 14.4. The first-order chi connectivity index (χ1) is 8.81. The van der Waals surface area contributed by atoms with Crippen molar-refractivity contribution < 1.29 is 22.7 Å². The molecule has 0 heterocycles. The summed E-state index contributed by atoms with van der Waals surface area (Å²) < 4.78 is 39.3. The molecule has 1 aromatic carbocycles. The van der Waals surface area contributed by atoms with Gasteiger partial charge in [-0.1, -0.05) is 0 Å². The molecule has 1 aliphatic rings. The molecule has 1 unspecified atom stereocenters. The van der Waals surface area contributed by atoms with Gasteiger partial charge in [-0.2, -0.15) is 4.72 Å². The van der Waals surface area contributed by atoms with Crippen molar-refractivity contribution in [1.29, 1.82) is 0 Å². The molecule has 8 heteroatoms. The van der Waals surface area contributed by atoms with E-state index in [0.29, 0.717) is 12.8 Å². The van der Waals surface area contributed by atoms with Crippen LogP contribution in [0.5, 0.6) is 0 Å². The van der Waals surface area contributed by atoms with Crippen LogP contribution in [-0.2, 0) is 14.8 Å². The molecule has 2 rings (SSSR count). The van der Waals surface area contributed by atoms with Crippen molar-refractivity contribution in [2.45, 2.75) is 23.8 Å². The minimum absolute atomic E-state index is 0.0555. The number of rotatable bonds is 5. The van der Waals surface area contributed by atoms with Crippen molar-refractivity contribution in [2.75, 3.05) is 0 Å². The molecule has 0 aromatic heterocycles. The Morgan fingerprint density at radius 1 is 1.47 bits per heavy atom. The van der Waals surface area contributed by atoms with Crippen molar-refractivity contribution in [2.24, 2.45) is 5.92 Å². The van der Waals surface area contributed by atoms with Gasteiger partial charge in [0.15, 0.2) is 0 Å². The maximum Gasteiger partial charge on any atom is 0.322 e. The molecule has 0 amide bonds. The SMILES string of the molecule is O=C(O)C(NS(=O)(=O)c1ccc(F)cc1Br)C1CC1. The average Bonchev–Trinajstić information content (AvgIpc) is 3.08. The molecule has 1 fully saturated rings. The fourth-order valence-electron chi connectivity index (χ4n) is 1.70. The summed E-state index contributed by atoms with van der Waals surface area (Å²) in [6.45, 7) is 0. The summed E-state index contributed by atoms with van der Waals surface area (Å²) in [6, 6.07) is 1.98. The lowest BCUT2D eigenvalue weighted by Crippen LogP contribution is -2.42. The molecule has 19 heavy (non-hydrogen) atoms. The predicted molar refractivity (Wildman–Crippen MR) is 68.6 cm³/mol. The Bertz CT molecular complexity index is 615. The molecular formula is C11H11BrFNO4S. The minimum atomic E-state index is -4.00. The molecule has 1 aromatic rings. The van der Waals surface area contributed by atoms with Gasteiger partial charge in [0, 0.05) is 4.47 Å². The van der Waals surface area contributed by atoms with Gasteiger partial charge in [-0.05, 0) is 52.9 Å². The van der Waals surface area contributed by atoms with Crippen molar-refractivity contribution in [1.82, 2.24) is 4.72 Å². The smallest absolute Gasteiger partial charge is 0.322 e. The zero-order chi connectivity index (χ0) is 14.2. The van der Waals surface area contributed by atoms with Gasteiger partial charge in [-0.3, -0.25) is 4.79 Å². The van der Waals surface area contributed by atoms with Crippen LogP contribution in [-0.4, -0.2) is 25.5 Å². The number of carboxylic acid groups (broad SMARTS) is 1. The second-order valence-corrected chi connectivity index (χ2v) is 6.89. The van der Waals surface area contributed by atoms with Crippen LogP contribution >= 0.6 is 15.9 Å². The second kappa shape index (κ2) is 5.18. The van der Waals surface area contributed by atoms with Crippen LogP contribution < -0.4 is 4.72 Å². The lowest BCUT2D eigenvalue weighted by atomic mass is 10.2. The maximum absolute atomic E-state index is 12.9. The Hall–Kier alpha value is -0.990. The summed E-state index contributed by atoms with van der Waals surface area (Å²) in [7, 11) is -4.00. The fourth-order valence-corrected chi connectivity index (χ4v) is 4.01. The zero-order valence-corrected chi connectivity index (χ0v) is 12.0. The van der Waals surface area contributed by atoms with E-state index in [0.717, 1.165) is 18.2 Å². The fraction of sp³-hybridized carbons (Fsp3) is 0.364. The van der Waals surface area contributed by atoms with E-state index in [4.69, 9.17) is 5.11 Å². The molecule has 1 aliphatic carbocycles. The quantitative estimate of drug-likeness (QED) is 0.846. The van der Waals surface area contributed by atoms with Crippen LogP contribution in [0.2, 0.25) is 0 Å². The third-order valence-corrected chi connectivity index (χ3v) is 5.24. The van der Waals surface area contributed by atoms with E-state index < -0.39 is 27.9 Å². The van der Waals surface area contributed by atoms with Crippen molar-refractivity contribution in [3.63, 3.8) is 0 Å². The Kier molecular flexibility index (Phi) is 3.93. The van der Waals surface area contributed by atoms with E-state index in [1.54, 1.807) is 0 Å². The van der Waals surface area contributed by atoms with Crippen LogP contribution in [0.1, 0.15) is 12.8 Å². The summed E-state index contributed by atoms with van der Waals surface area (Å²) in [5, 5.41) is 9.01. The van der Waals surface area contributed by atoms with E-state index in [-0.39, 0.29) is 15.3 Å². The minimum Gasteiger partial charge on any atom is -0.480 e. The Morgan fingerprint density at radius 3 is 2.58 bits per heavy atom. The standard InChI is InChI=1S/C11H11BrFNO4S/c12-8-5-7(13)3-4-9(8)19(17,18)14-10(11(15)16)6-1-2-6/h3-6,10,14H,1-2H2,(H,15,16). The van der Waals surface area contributed by atoms with Gasteiger partial charge in [-0.15, -0.1) is 0 Å². The van der Waals surface area contributed by atoms with Crippen molar-refractivity contribution >= 4 is 31.9 Å². The molecular weight excluding hydrogens is 341 g/mol. The molecule has 0 spiro atoms. The van der Waals surface area contributed by atoms with Gasteiger partial charge in [0.2, 0.25) is 10.0 Å². The number of nitrogens with one attached hydrogen (secondary N) is 1. The maximum atomic E-state index is 12.9. The number of carboxylic acids is 1. The Morgan fingerprint density at radius 2 is 2.11 bits per heavy atom. The highest BCUT2D eigenvalue weighted by Gasteiger charge is 2.39. The summed E-state index contributed by atoms with van der Waals surface area (Å²) in [5.74, 6) is -1.96. The predicted octanol–water partition coefficient (Wildman–Crippen LogP) is 1.73. The zero-order valence-electron chi connectivity index (χ0n) is 9.64. The van der Waals surface area contributed by atoms with Gasteiger partial charge in [0.25, 0.3) is 0 Å². The van der Waals surface area contributed by atoms with Gasteiger partial charge >= 0.3 is 5.97 Å². The highest BCUT2D eigenvalue weighted by molar-refractivity contribution is 9.10. The molecule has 1 saturated carbocycles.